The lowest BCUT2D eigenvalue weighted by molar-refractivity contribution is -0.128. The first-order chi connectivity index (χ1) is 12.1. The summed E-state index contributed by atoms with van der Waals surface area (Å²) in [6.07, 6.45) is 0. The fourth-order valence-electron chi connectivity index (χ4n) is 2.51. The first-order valence-corrected chi connectivity index (χ1v) is 9.01. The third-order valence-corrected chi connectivity index (χ3v) is 4.87. The lowest BCUT2D eigenvalue weighted by atomic mass is 10.1. The number of imidazole rings is 1. The zero-order valence-corrected chi connectivity index (χ0v) is 15.3. The van der Waals surface area contributed by atoms with Gasteiger partial charge in [0, 0.05) is 20.2 Å². The van der Waals surface area contributed by atoms with E-state index in [0.29, 0.717) is 11.8 Å². The standard InChI is InChI=1S/C19H21N3O2S/c1-4-24-14-10-11-15-16(12-14)21-19(20-15)25-17(18(23)22(2)3)13-8-6-5-7-9-13/h5-12,17H,4H2,1-3H3,(H,20,21). The number of nitrogens with one attached hydrogen (secondary N) is 1. The number of hydrogen-bond acceptors (Lipinski definition) is 4. The van der Waals surface area contributed by atoms with Gasteiger partial charge in [-0.2, -0.15) is 0 Å². The third-order valence-electron chi connectivity index (χ3n) is 3.74. The molecule has 0 aliphatic heterocycles. The number of carbonyl (C=O) groups excluding carboxylic acids is 1. The van der Waals surface area contributed by atoms with Crippen LogP contribution in [0.2, 0.25) is 0 Å². The minimum Gasteiger partial charge on any atom is -0.494 e. The summed E-state index contributed by atoms with van der Waals surface area (Å²) in [5.74, 6) is 0.839. The number of aromatic amines is 1. The molecule has 0 saturated heterocycles. The molecule has 0 aliphatic carbocycles. The lowest BCUT2D eigenvalue weighted by Gasteiger charge is -2.19. The summed E-state index contributed by atoms with van der Waals surface area (Å²) >= 11 is 1.42. The van der Waals surface area contributed by atoms with E-state index < -0.39 is 0 Å². The highest BCUT2D eigenvalue weighted by atomic mass is 32.2. The molecule has 0 fully saturated rings. The summed E-state index contributed by atoms with van der Waals surface area (Å²) < 4.78 is 5.53. The number of thioether (sulfide) groups is 1. The molecule has 1 aromatic heterocycles. The average molecular weight is 355 g/mol. The minimum atomic E-state index is -0.344. The van der Waals surface area contributed by atoms with Crippen molar-refractivity contribution in [2.45, 2.75) is 17.3 Å². The molecule has 2 aromatic carbocycles. The Morgan fingerprint density at radius 1 is 1.24 bits per heavy atom. The van der Waals surface area contributed by atoms with Crippen LogP contribution in [-0.2, 0) is 4.79 Å². The number of hydrogen-bond donors (Lipinski definition) is 1. The molecule has 3 rings (SSSR count). The fraction of sp³-hybridized carbons (Fsp3) is 0.263. The number of likely N-dealkylation sites (N-methyl/N-ethyl adjacent to an activating group) is 1. The molecule has 1 atom stereocenters. The predicted octanol–water partition coefficient (Wildman–Crippen LogP) is 3.88. The van der Waals surface area contributed by atoms with Crippen molar-refractivity contribution in [2.24, 2.45) is 0 Å². The summed E-state index contributed by atoms with van der Waals surface area (Å²) in [6, 6.07) is 15.5. The van der Waals surface area contributed by atoms with Crippen molar-refractivity contribution in [1.82, 2.24) is 14.9 Å². The van der Waals surface area contributed by atoms with E-state index in [4.69, 9.17) is 4.74 Å². The van der Waals surface area contributed by atoms with Crippen molar-refractivity contribution in [3.8, 4) is 5.75 Å². The first kappa shape index (κ1) is 17.4. The molecule has 130 valence electrons. The number of rotatable bonds is 6. The van der Waals surface area contributed by atoms with Crippen molar-refractivity contribution < 1.29 is 9.53 Å². The van der Waals surface area contributed by atoms with E-state index in [2.05, 4.69) is 9.97 Å². The first-order valence-electron chi connectivity index (χ1n) is 8.14. The highest BCUT2D eigenvalue weighted by Crippen LogP contribution is 2.36. The average Bonchev–Trinajstić information content (AvgIpc) is 3.02. The van der Waals surface area contributed by atoms with Crippen LogP contribution < -0.4 is 4.74 Å². The normalized spacial score (nSPS) is 12.1. The molecular formula is C19H21N3O2S. The van der Waals surface area contributed by atoms with Crippen LogP contribution in [0.3, 0.4) is 0 Å². The van der Waals surface area contributed by atoms with E-state index in [1.165, 1.54) is 11.8 Å². The van der Waals surface area contributed by atoms with Crippen LogP contribution in [0.5, 0.6) is 5.75 Å². The number of nitrogens with zero attached hydrogens (tertiary/aromatic N) is 2. The van der Waals surface area contributed by atoms with E-state index in [-0.39, 0.29) is 11.2 Å². The second-order valence-corrected chi connectivity index (χ2v) is 6.89. The fourth-order valence-corrected chi connectivity index (χ4v) is 3.66. The maximum atomic E-state index is 12.6. The molecule has 0 aliphatic rings. The van der Waals surface area contributed by atoms with Crippen LogP contribution in [0.1, 0.15) is 17.7 Å². The Morgan fingerprint density at radius 2 is 2.00 bits per heavy atom. The van der Waals surface area contributed by atoms with E-state index >= 15 is 0 Å². The van der Waals surface area contributed by atoms with Crippen LogP contribution in [0.4, 0.5) is 0 Å². The Hall–Kier alpha value is -2.47. The van der Waals surface area contributed by atoms with Crippen LogP contribution in [0.25, 0.3) is 11.0 Å². The Morgan fingerprint density at radius 3 is 2.68 bits per heavy atom. The number of aromatic nitrogens is 2. The summed E-state index contributed by atoms with van der Waals surface area (Å²) in [6.45, 7) is 2.57. The monoisotopic (exact) mass is 355 g/mol. The van der Waals surface area contributed by atoms with Crippen molar-refractivity contribution in [2.75, 3.05) is 20.7 Å². The highest BCUT2D eigenvalue weighted by molar-refractivity contribution is 8.00. The van der Waals surface area contributed by atoms with Crippen LogP contribution in [0.15, 0.2) is 53.7 Å². The van der Waals surface area contributed by atoms with Crippen molar-refractivity contribution >= 4 is 28.7 Å². The molecule has 1 amide bonds. The number of benzene rings is 2. The van der Waals surface area contributed by atoms with Gasteiger partial charge in [-0.1, -0.05) is 42.1 Å². The second kappa shape index (κ2) is 7.61. The maximum absolute atomic E-state index is 12.6. The third kappa shape index (κ3) is 3.96. The van der Waals surface area contributed by atoms with Gasteiger partial charge in [0.05, 0.1) is 17.6 Å². The molecule has 0 bridgehead atoms. The quantitative estimate of drug-likeness (QED) is 0.682. The van der Waals surface area contributed by atoms with Crippen molar-refractivity contribution in [3.63, 3.8) is 0 Å². The molecule has 3 aromatic rings. The summed E-state index contributed by atoms with van der Waals surface area (Å²) in [5.41, 5.74) is 2.72. The van der Waals surface area contributed by atoms with Gasteiger partial charge in [-0.25, -0.2) is 4.98 Å². The zero-order chi connectivity index (χ0) is 17.8. The minimum absolute atomic E-state index is 0.0339. The molecule has 1 N–H and O–H groups in total. The molecule has 0 spiro atoms. The van der Waals surface area contributed by atoms with Gasteiger partial charge in [-0.3, -0.25) is 4.79 Å². The van der Waals surface area contributed by atoms with Crippen LogP contribution in [-0.4, -0.2) is 41.5 Å². The predicted molar refractivity (Wildman–Crippen MR) is 101 cm³/mol. The van der Waals surface area contributed by atoms with Gasteiger partial charge in [0.1, 0.15) is 11.0 Å². The van der Waals surface area contributed by atoms with E-state index in [1.807, 2.05) is 55.5 Å². The Balaban J connectivity index is 1.91. The molecule has 5 nitrogen and oxygen atoms in total. The smallest absolute Gasteiger partial charge is 0.240 e. The molecule has 6 heteroatoms. The van der Waals surface area contributed by atoms with Gasteiger partial charge >= 0.3 is 0 Å². The van der Waals surface area contributed by atoms with Gasteiger partial charge in [-0.15, -0.1) is 0 Å². The number of amides is 1. The van der Waals surface area contributed by atoms with Gasteiger partial charge in [0.25, 0.3) is 0 Å². The van der Waals surface area contributed by atoms with Crippen LogP contribution in [0, 0.1) is 0 Å². The molecule has 1 heterocycles. The second-order valence-electron chi connectivity index (χ2n) is 5.80. The van der Waals surface area contributed by atoms with Crippen molar-refractivity contribution in [1.29, 1.82) is 0 Å². The Labute approximate surface area is 151 Å². The van der Waals surface area contributed by atoms with Gasteiger partial charge < -0.3 is 14.6 Å². The lowest BCUT2D eigenvalue weighted by Crippen LogP contribution is -2.26. The molecular weight excluding hydrogens is 334 g/mol. The van der Waals surface area contributed by atoms with Crippen molar-refractivity contribution in [3.05, 3.63) is 54.1 Å². The number of H-pyrrole nitrogens is 1. The van der Waals surface area contributed by atoms with Gasteiger partial charge in [-0.05, 0) is 24.6 Å². The van der Waals surface area contributed by atoms with E-state index in [1.54, 1.807) is 19.0 Å². The number of ether oxygens (including phenoxy) is 1. The zero-order valence-electron chi connectivity index (χ0n) is 14.5. The number of carbonyl (C=O) groups is 1. The highest BCUT2D eigenvalue weighted by Gasteiger charge is 2.25. The summed E-state index contributed by atoms with van der Waals surface area (Å²) in [5, 5.41) is 0.371. The SMILES string of the molecule is CCOc1ccc2nc(SC(C(=O)N(C)C)c3ccccc3)[nH]c2c1. The van der Waals surface area contributed by atoms with E-state index in [0.717, 1.165) is 22.3 Å². The Kier molecular flexibility index (Phi) is 5.28. The largest absolute Gasteiger partial charge is 0.494 e. The summed E-state index contributed by atoms with van der Waals surface area (Å²) in [7, 11) is 3.54. The molecule has 0 radical (unpaired) electrons. The number of fused-ring (bicyclic) bond motifs is 1. The Bertz CT molecular complexity index is 861. The molecule has 25 heavy (non-hydrogen) atoms. The maximum Gasteiger partial charge on any atom is 0.240 e. The van der Waals surface area contributed by atoms with Crippen LogP contribution >= 0.6 is 11.8 Å². The molecule has 1 unspecified atom stereocenters. The van der Waals surface area contributed by atoms with Gasteiger partial charge in [0.2, 0.25) is 5.91 Å². The summed E-state index contributed by atoms with van der Waals surface area (Å²) in [4.78, 5) is 22.1. The molecule has 0 saturated carbocycles. The topological polar surface area (TPSA) is 58.2 Å². The van der Waals surface area contributed by atoms with Gasteiger partial charge in [0.15, 0.2) is 5.16 Å². The van der Waals surface area contributed by atoms with E-state index in [9.17, 15) is 4.79 Å².